The van der Waals surface area contributed by atoms with Crippen LogP contribution in [0.1, 0.15) is 24.0 Å². The molecule has 3 rings (SSSR count). The molecule has 1 aliphatic rings. The van der Waals surface area contributed by atoms with E-state index in [1.165, 1.54) is 6.07 Å². The Balaban J connectivity index is 1.80. The number of rotatable bonds is 4. The standard InChI is InChI=1S/C18H19F3N2O3/c1-11-4-5-13-12(8-16(24)26-15(13)7-11)9-23-6-2-3-14(23)17(25)22-10-18(19,20)21/h4-5,7-8,14H,2-3,6,9-10H2,1H3,(H,22,25)/t14-/m0/s1. The Morgan fingerprint density at radius 2 is 2.12 bits per heavy atom. The first kappa shape index (κ1) is 18.4. The van der Waals surface area contributed by atoms with Gasteiger partial charge >= 0.3 is 11.8 Å². The number of fused-ring (bicyclic) bond motifs is 1. The zero-order valence-corrected chi connectivity index (χ0v) is 14.2. The van der Waals surface area contributed by atoms with Gasteiger partial charge in [-0.15, -0.1) is 0 Å². The maximum atomic E-state index is 12.3. The Morgan fingerprint density at radius 1 is 1.35 bits per heavy atom. The summed E-state index contributed by atoms with van der Waals surface area (Å²) in [7, 11) is 0. The van der Waals surface area contributed by atoms with Crippen LogP contribution < -0.4 is 10.9 Å². The van der Waals surface area contributed by atoms with Gasteiger partial charge in [0.25, 0.3) is 0 Å². The summed E-state index contributed by atoms with van der Waals surface area (Å²) in [6.07, 6.45) is -3.24. The largest absolute Gasteiger partial charge is 0.423 e. The van der Waals surface area contributed by atoms with E-state index in [1.807, 2.05) is 24.4 Å². The van der Waals surface area contributed by atoms with Crippen LogP contribution in [0.4, 0.5) is 13.2 Å². The summed E-state index contributed by atoms with van der Waals surface area (Å²) in [5, 5.41) is 2.71. The van der Waals surface area contributed by atoms with Gasteiger partial charge < -0.3 is 9.73 Å². The number of likely N-dealkylation sites (tertiary alicyclic amines) is 1. The molecule has 0 spiro atoms. The minimum atomic E-state index is -4.44. The fraction of sp³-hybridized carbons (Fsp3) is 0.444. The molecular formula is C18H19F3N2O3. The molecule has 0 aliphatic carbocycles. The normalized spacial score (nSPS) is 18.4. The Hall–Kier alpha value is -2.35. The van der Waals surface area contributed by atoms with E-state index < -0.39 is 30.3 Å². The second-order valence-electron chi connectivity index (χ2n) is 6.55. The van der Waals surface area contributed by atoms with Gasteiger partial charge in [0.2, 0.25) is 5.91 Å². The zero-order valence-electron chi connectivity index (χ0n) is 14.2. The van der Waals surface area contributed by atoms with Crippen molar-refractivity contribution in [1.29, 1.82) is 0 Å². The van der Waals surface area contributed by atoms with Gasteiger partial charge in [-0.05, 0) is 43.5 Å². The average Bonchev–Trinajstić information content (AvgIpc) is 2.99. The Morgan fingerprint density at radius 3 is 2.85 bits per heavy atom. The highest BCUT2D eigenvalue weighted by molar-refractivity contribution is 5.83. The molecule has 0 saturated carbocycles. The van der Waals surface area contributed by atoms with Crippen LogP contribution in [-0.2, 0) is 11.3 Å². The lowest BCUT2D eigenvalue weighted by atomic mass is 10.1. The highest BCUT2D eigenvalue weighted by atomic mass is 19.4. The van der Waals surface area contributed by atoms with Crippen molar-refractivity contribution in [2.24, 2.45) is 0 Å². The molecule has 8 heteroatoms. The molecule has 1 aromatic heterocycles. The second-order valence-corrected chi connectivity index (χ2v) is 6.55. The SMILES string of the molecule is Cc1ccc2c(CN3CCC[C@H]3C(=O)NCC(F)(F)F)cc(=O)oc2c1. The van der Waals surface area contributed by atoms with Gasteiger partial charge in [-0.3, -0.25) is 9.69 Å². The number of hydrogen-bond donors (Lipinski definition) is 1. The molecule has 1 aromatic carbocycles. The summed E-state index contributed by atoms with van der Waals surface area (Å²) in [6, 6.07) is 6.24. The van der Waals surface area contributed by atoms with Crippen molar-refractivity contribution in [3.63, 3.8) is 0 Å². The fourth-order valence-electron chi connectivity index (χ4n) is 3.30. The Kier molecular flexibility index (Phi) is 5.04. The lowest BCUT2D eigenvalue weighted by Gasteiger charge is -2.24. The maximum absolute atomic E-state index is 12.3. The van der Waals surface area contributed by atoms with Gasteiger partial charge in [0.05, 0.1) is 6.04 Å². The number of carbonyl (C=O) groups excluding carboxylic acids is 1. The predicted octanol–water partition coefficient (Wildman–Crippen LogP) is 2.74. The van der Waals surface area contributed by atoms with Crippen LogP contribution in [0.25, 0.3) is 11.0 Å². The Bertz CT molecular complexity index is 876. The van der Waals surface area contributed by atoms with Gasteiger partial charge in [-0.1, -0.05) is 12.1 Å². The van der Waals surface area contributed by atoms with Crippen molar-refractivity contribution in [2.75, 3.05) is 13.1 Å². The van der Waals surface area contributed by atoms with E-state index in [0.29, 0.717) is 37.1 Å². The first-order valence-electron chi connectivity index (χ1n) is 8.35. The molecule has 1 N–H and O–H groups in total. The third kappa shape index (κ3) is 4.24. The van der Waals surface area contributed by atoms with Crippen LogP contribution in [0.2, 0.25) is 0 Å². The number of alkyl halides is 3. The van der Waals surface area contributed by atoms with Crippen LogP contribution >= 0.6 is 0 Å². The molecule has 0 unspecified atom stereocenters. The third-order valence-corrected chi connectivity index (χ3v) is 4.49. The van der Waals surface area contributed by atoms with Crippen molar-refractivity contribution in [1.82, 2.24) is 10.2 Å². The molecule has 2 aromatic rings. The van der Waals surface area contributed by atoms with Gasteiger partial charge in [0, 0.05) is 18.0 Å². The van der Waals surface area contributed by atoms with Crippen LogP contribution in [0.3, 0.4) is 0 Å². The van der Waals surface area contributed by atoms with Gasteiger partial charge in [0.15, 0.2) is 0 Å². The number of aryl methyl sites for hydroxylation is 1. The molecule has 5 nitrogen and oxygen atoms in total. The van der Waals surface area contributed by atoms with E-state index in [2.05, 4.69) is 0 Å². The van der Waals surface area contributed by atoms with Crippen LogP contribution in [-0.4, -0.2) is 36.1 Å². The van der Waals surface area contributed by atoms with Gasteiger partial charge in [-0.2, -0.15) is 13.2 Å². The maximum Gasteiger partial charge on any atom is 0.405 e. The summed E-state index contributed by atoms with van der Waals surface area (Å²) in [5.74, 6) is -0.636. The fourth-order valence-corrected chi connectivity index (χ4v) is 3.30. The molecule has 1 atom stereocenters. The molecule has 2 heterocycles. The van der Waals surface area contributed by atoms with E-state index in [4.69, 9.17) is 4.42 Å². The molecular weight excluding hydrogens is 349 g/mol. The number of nitrogens with zero attached hydrogens (tertiary/aromatic N) is 1. The molecule has 1 amide bonds. The number of halogens is 3. The molecule has 0 bridgehead atoms. The van der Waals surface area contributed by atoms with Gasteiger partial charge in [-0.25, -0.2) is 4.79 Å². The quantitative estimate of drug-likeness (QED) is 0.843. The van der Waals surface area contributed by atoms with Crippen LogP contribution in [0, 0.1) is 6.92 Å². The summed E-state index contributed by atoms with van der Waals surface area (Å²) in [6.45, 7) is 1.42. The molecule has 26 heavy (non-hydrogen) atoms. The summed E-state index contributed by atoms with van der Waals surface area (Å²) >= 11 is 0. The highest BCUT2D eigenvalue weighted by Gasteiger charge is 2.34. The topological polar surface area (TPSA) is 62.6 Å². The second kappa shape index (κ2) is 7.11. The van der Waals surface area contributed by atoms with E-state index in [-0.39, 0.29) is 0 Å². The van der Waals surface area contributed by atoms with Crippen molar-refractivity contribution >= 4 is 16.9 Å². The minimum absolute atomic E-state index is 0.301. The minimum Gasteiger partial charge on any atom is -0.423 e. The van der Waals surface area contributed by atoms with E-state index in [9.17, 15) is 22.8 Å². The molecule has 140 valence electrons. The molecule has 1 saturated heterocycles. The third-order valence-electron chi connectivity index (χ3n) is 4.49. The highest BCUT2D eigenvalue weighted by Crippen LogP contribution is 2.25. The number of amides is 1. The number of hydrogen-bond acceptors (Lipinski definition) is 4. The average molecular weight is 368 g/mol. The van der Waals surface area contributed by atoms with E-state index in [1.54, 1.807) is 11.0 Å². The Labute approximate surface area is 147 Å². The molecule has 1 aliphatic heterocycles. The van der Waals surface area contributed by atoms with Crippen molar-refractivity contribution < 1.29 is 22.4 Å². The molecule has 0 radical (unpaired) electrons. The predicted molar refractivity (Wildman–Crippen MR) is 89.7 cm³/mol. The van der Waals surface area contributed by atoms with Crippen molar-refractivity contribution in [3.05, 3.63) is 45.8 Å². The van der Waals surface area contributed by atoms with E-state index in [0.717, 1.165) is 10.9 Å². The monoisotopic (exact) mass is 368 g/mol. The molecule has 1 fully saturated rings. The van der Waals surface area contributed by atoms with Crippen LogP contribution in [0.15, 0.2) is 33.5 Å². The summed E-state index contributed by atoms with van der Waals surface area (Å²) in [4.78, 5) is 25.8. The lowest BCUT2D eigenvalue weighted by molar-refractivity contribution is -0.141. The van der Waals surface area contributed by atoms with Gasteiger partial charge in [0.1, 0.15) is 12.1 Å². The summed E-state index contributed by atoms with van der Waals surface area (Å²) in [5.41, 5.74) is 1.62. The smallest absolute Gasteiger partial charge is 0.405 e. The van der Waals surface area contributed by atoms with E-state index >= 15 is 0 Å². The summed E-state index contributed by atoms with van der Waals surface area (Å²) < 4.78 is 42.2. The van der Waals surface area contributed by atoms with Crippen LogP contribution in [0.5, 0.6) is 0 Å². The van der Waals surface area contributed by atoms with Crippen molar-refractivity contribution in [2.45, 2.75) is 38.5 Å². The number of nitrogens with one attached hydrogen (secondary N) is 1. The number of benzene rings is 1. The lowest BCUT2D eigenvalue weighted by Crippen LogP contribution is -2.45. The number of carbonyl (C=O) groups is 1. The van der Waals surface area contributed by atoms with Crippen molar-refractivity contribution in [3.8, 4) is 0 Å². The first-order valence-corrected chi connectivity index (χ1v) is 8.35. The zero-order chi connectivity index (χ0) is 18.9. The first-order chi connectivity index (χ1) is 12.2.